The Labute approximate surface area is 155 Å². The Balaban J connectivity index is 1.89. The summed E-state index contributed by atoms with van der Waals surface area (Å²) in [6, 6.07) is 14.3. The molecule has 5 nitrogen and oxygen atoms in total. The van der Waals surface area contributed by atoms with Crippen LogP contribution in [0, 0.1) is 13.8 Å². The molecule has 0 aliphatic carbocycles. The summed E-state index contributed by atoms with van der Waals surface area (Å²) in [7, 11) is -3.89. The van der Waals surface area contributed by atoms with Gasteiger partial charge >= 0.3 is 6.08 Å². The topological polar surface area (TPSA) is 65.0 Å². The quantitative estimate of drug-likeness (QED) is 0.703. The fourth-order valence-electron chi connectivity index (χ4n) is 2.45. The molecule has 1 unspecified atom stereocenters. The molecule has 132 valence electrons. The Morgan fingerprint density at radius 1 is 1.04 bits per heavy atom. The minimum Gasteiger partial charge on any atom is -0.445 e. The first-order valence-electron chi connectivity index (χ1n) is 7.71. The van der Waals surface area contributed by atoms with Gasteiger partial charge in [-0.25, -0.2) is 0 Å². The third-order valence-electron chi connectivity index (χ3n) is 4.02. The standard InChI is InChI=1S/C18H18BrNO4S/c1-13-3-7-15(8-4-13)18(11-19)12-23-17(24-18)20-25(21,22)16-9-5-14(2)6-10-16/h3-10H,11-12H2,1-2H3/b20-17-. The maximum Gasteiger partial charge on any atom is 0.401 e. The van der Waals surface area contributed by atoms with E-state index in [0.29, 0.717) is 5.33 Å². The number of ether oxygens (including phenoxy) is 2. The fourth-order valence-corrected chi connectivity index (χ4v) is 3.92. The molecule has 1 fully saturated rings. The average Bonchev–Trinajstić information content (AvgIpc) is 2.99. The van der Waals surface area contributed by atoms with E-state index in [-0.39, 0.29) is 17.6 Å². The van der Waals surface area contributed by atoms with Gasteiger partial charge < -0.3 is 9.47 Å². The SMILES string of the molecule is Cc1ccc(C2(CBr)CO/C(=N/S(=O)(=O)c3ccc(C)cc3)O2)cc1. The van der Waals surface area contributed by atoms with Crippen molar-refractivity contribution in [2.75, 3.05) is 11.9 Å². The van der Waals surface area contributed by atoms with E-state index in [9.17, 15) is 8.42 Å². The van der Waals surface area contributed by atoms with Crippen LogP contribution in [0.25, 0.3) is 0 Å². The molecule has 0 saturated carbocycles. The Kier molecular flexibility index (Phi) is 4.88. The number of alkyl halides is 1. The van der Waals surface area contributed by atoms with Crippen molar-refractivity contribution < 1.29 is 17.9 Å². The van der Waals surface area contributed by atoms with Crippen molar-refractivity contribution in [2.45, 2.75) is 24.3 Å². The van der Waals surface area contributed by atoms with Gasteiger partial charge in [-0.05, 0) is 31.5 Å². The second kappa shape index (κ2) is 6.80. The van der Waals surface area contributed by atoms with Crippen LogP contribution < -0.4 is 0 Å². The zero-order chi connectivity index (χ0) is 18.1. The van der Waals surface area contributed by atoms with Gasteiger partial charge in [0.05, 0.1) is 10.2 Å². The van der Waals surface area contributed by atoms with Crippen LogP contribution in [0.3, 0.4) is 0 Å². The molecule has 25 heavy (non-hydrogen) atoms. The highest BCUT2D eigenvalue weighted by atomic mass is 79.9. The number of hydrogen-bond donors (Lipinski definition) is 0. The Morgan fingerprint density at radius 2 is 1.60 bits per heavy atom. The average molecular weight is 424 g/mol. The van der Waals surface area contributed by atoms with Gasteiger partial charge in [0.25, 0.3) is 10.0 Å². The molecular formula is C18H18BrNO4S. The predicted octanol–water partition coefficient (Wildman–Crippen LogP) is 3.69. The molecule has 1 atom stereocenters. The maximum absolute atomic E-state index is 12.4. The highest BCUT2D eigenvalue weighted by molar-refractivity contribution is 9.09. The summed E-state index contributed by atoms with van der Waals surface area (Å²) in [4.78, 5) is 0.101. The van der Waals surface area contributed by atoms with Gasteiger partial charge in [-0.1, -0.05) is 67.9 Å². The molecule has 7 heteroatoms. The van der Waals surface area contributed by atoms with Gasteiger partial charge in [-0.3, -0.25) is 0 Å². The summed E-state index contributed by atoms with van der Waals surface area (Å²) in [5, 5.41) is 0.451. The number of nitrogens with zero attached hydrogens (tertiary/aromatic N) is 1. The predicted molar refractivity (Wildman–Crippen MR) is 99.5 cm³/mol. The number of rotatable bonds is 4. The molecule has 1 aliphatic rings. The lowest BCUT2D eigenvalue weighted by atomic mass is 9.96. The van der Waals surface area contributed by atoms with Gasteiger partial charge in [-0.15, -0.1) is 0 Å². The summed E-state index contributed by atoms with van der Waals surface area (Å²) >= 11 is 3.44. The van der Waals surface area contributed by atoms with Crippen LogP contribution in [0.1, 0.15) is 16.7 Å². The second-order valence-electron chi connectivity index (χ2n) is 6.03. The molecule has 2 aromatic rings. The van der Waals surface area contributed by atoms with E-state index in [1.807, 2.05) is 38.1 Å². The molecular weight excluding hydrogens is 406 g/mol. The van der Waals surface area contributed by atoms with Crippen LogP contribution in [-0.4, -0.2) is 26.4 Å². The molecule has 0 aromatic heterocycles. The van der Waals surface area contributed by atoms with Crippen LogP contribution in [-0.2, 0) is 25.1 Å². The molecule has 0 bridgehead atoms. The van der Waals surface area contributed by atoms with Gasteiger partial charge in [0.1, 0.15) is 6.61 Å². The third-order valence-corrected chi connectivity index (χ3v) is 6.18. The lowest BCUT2D eigenvalue weighted by Gasteiger charge is -2.23. The van der Waals surface area contributed by atoms with E-state index in [4.69, 9.17) is 9.47 Å². The highest BCUT2D eigenvalue weighted by Crippen LogP contribution is 2.34. The van der Waals surface area contributed by atoms with Crippen LogP contribution in [0.5, 0.6) is 0 Å². The van der Waals surface area contributed by atoms with Crippen molar-refractivity contribution >= 4 is 32.0 Å². The van der Waals surface area contributed by atoms with E-state index in [2.05, 4.69) is 20.3 Å². The van der Waals surface area contributed by atoms with E-state index in [0.717, 1.165) is 16.7 Å². The summed E-state index contributed by atoms with van der Waals surface area (Å²) in [6.07, 6.45) is -0.236. The first kappa shape index (κ1) is 17.9. The Morgan fingerprint density at radius 3 is 2.16 bits per heavy atom. The second-order valence-corrected chi connectivity index (χ2v) is 8.19. The monoisotopic (exact) mass is 423 g/mol. The van der Waals surface area contributed by atoms with E-state index in [1.165, 1.54) is 12.1 Å². The van der Waals surface area contributed by atoms with Crippen molar-refractivity contribution in [3.63, 3.8) is 0 Å². The number of aryl methyl sites for hydroxylation is 2. The number of sulfonamides is 1. The van der Waals surface area contributed by atoms with Gasteiger partial charge in [0.15, 0.2) is 5.60 Å². The molecule has 3 rings (SSSR count). The minimum absolute atomic E-state index is 0.101. The van der Waals surface area contributed by atoms with E-state index >= 15 is 0 Å². The molecule has 0 amide bonds. The smallest absolute Gasteiger partial charge is 0.401 e. The number of benzene rings is 2. The largest absolute Gasteiger partial charge is 0.445 e. The van der Waals surface area contributed by atoms with Crippen molar-refractivity contribution in [3.05, 3.63) is 65.2 Å². The lowest BCUT2D eigenvalue weighted by Crippen LogP contribution is -2.30. The first-order chi connectivity index (χ1) is 11.8. The molecule has 2 aromatic carbocycles. The van der Waals surface area contributed by atoms with Crippen LogP contribution in [0.15, 0.2) is 57.8 Å². The first-order valence-corrected chi connectivity index (χ1v) is 10.3. The summed E-state index contributed by atoms with van der Waals surface area (Å²) < 4.78 is 39.8. The molecule has 1 aliphatic heterocycles. The fraction of sp³-hybridized carbons (Fsp3) is 0.278. The molecule has 0 spiro atoms. The Bertz CT molecular complexity index is 892. The number of halogens is 1. The summed E-state index contributed by atoms with van der Waals surface area (Å²) in [5.41, 5.74) is 2.20. The molecule has 1 saturated heterocycles. The van der Waals surface area contributed by atoms with Crippen molar-refractivity contribution in [2.24, 2.45) is 4.40 Å². The summed E-state index contributed by atoms with van der Waals surface area (Å²) in [6.45, 7) is 4.07. The van der Waals surface area contributed by atoms with Crippen molar-refractivity contribution in [3.8, 4) is 0 Å². The normalized spacial score (nSPS) is 21.8. The van der Waals surface area contributed by atoms with Crippen molar-refractivity contribution in [1.82, 2.24) is 0 Å². The summed E-state index contributed by atoms with van der Waals surface area (Å²) in [5.74, 6) is 0. The van der Waals surface area contributed by atoms with Crippen LogP contribution >= 0.6 is 15.9 Å². The van der Waals surface area contributed by atoms with Crippen LogP contribution in [0.4, 0.5) is 0 Å². The molecule has 0 radical (unpaired) electrons. The van der Waals surface area contributed by atoms with E-state index in [1.54, 1.807) is 12.1 Å². The maximum atomic E-state index is 12.4. The number of hydrogen-bond acceptors (Lipinski definition) is 4. The Hall–Kier alpha value is -1.86. The van der Waals surface area contributed by atoms with Crippen LogP contribution in [0.2, 0.25) is 0 Å². The lowest BCUT2D eigenvalue weighted by molar-refractivity contribution is 0.114. The zero-order valence-electron chi connectivity index (χ0n) is 13.9. The van der Waals surface area contributed by atoms with Gasteiger partial charge in [0, 0.05) is 0 Å². The highest BCUT2D eigenvalue weighted by Gasteiger charge is 2.43. The molecule has 0 N–H and O–H groups in total. The third kappa shape index (κ3) is 3.72. The minimum atomic E-state index is -3.89. The zero-order valence-corrected chi connectivity index (χ0v) is 16.3. The molecule has 1 heterocycles. The van der Waals surface area contributed by atoms with Gasteiger partial charge in [-0.2, -0.15) is 8.42 Å². The van der Waals surface area contributed by atoms with Crippen molar-refractivity contribution in [1.29, 1.82) is 0 Å². The van der Waals surface area contributed by atoms with E-state index < -0.39 is 15.6 Å². The van der Waals surface area contributed by atoms with Gasteiger partial charge in [0.2, 0.25) is 0 Å².